The van der Waals surface area contributed by atoms with Crippen molar-refractivity contribution >= 4 is 29.0 Å². The number of halogens is 2. The number of hydrogen-bond donors (Lipinski definition) is 1. The monoisotopic (exact) mass is 224 g/mol. The molecular formula is C8H14Cl2N2O. The second-order valence-electron chi connectivity index (χ2n) is 3.17. The molecule has 0 aromatic carbocycles. The first-order valence-electron chi connectivity index (χ1n) is 4.23. The summed E-state index contributed by atoms with van der Waals surface area (Å²) in [6, 6.07) is 0.288. The van der Waals surface area contributed by atoms with E-state index >= 15 is 0 Å². The Balaban J connectivity index is 2.49. The van der Waals surface area contributed by atoms with Gasteiger partial charge in [-0.2, -0.15) is 0 Å². The molecule has 1 N–H and O–H groups in total. The lowest BCUT2D eigenvalue weighted by molar-refractivity contribution is 0.192. The fourth-order valence-electron chi connectivity index (χ4n) is 1.23. The Morgan fingerprint density at radius 1 is 1.62 bits per heavy atom. The van der Waals surface area contributed by atoms with Crippen LogP contribution in [0.5, 0.6) is 0 Å². The molecule has 1 aliphatic heterocycles. The Labute approximate surface area is 88.5 Å². The van der Waals surface area contributed by atoms with E-state index in [1.807, 2.05) is 0 Å². The largest absolute Gasteiger partial charge is 0.379 e. The zero-order valence-corrected chi connectivity index (χ0v) is 9.32. The first kappa shape index (κ1) is 11.1. The van der Waals surface area contributed by atoms with E-state index in [-0.39, 0.29) is 6.04 Å². The summed E-state index contributed by atoms with van der Waals surface area (Å²) < 4.78 is 4.26. The highest BCUT2D eigenvalue weighted by atomic mass is 35.5. The summed E-state index contributed by atoms with van der Waals surface area (Å²) in [6.45, 7) is 3.18. The van der Waals surface area contributed by atoms with Gasteiger partial charge >= 0.3 is 0 Å². The zero-order valence-electron chi connectivity index (χ0n) is 7.81. The van der Waals surface area contributed by atoms with E-state index < -0.39 is 4.33 Å². The molecule has 0 amide bonds. The zero-order chi connectivity index (χ0) is 9.90. The molecule has 0 aromatic heterocycles. The van der Waals surface area contributed by atoms with Crippen molar-refractivity contribution in [3.63, 3.8) is 0 Å². The first-order chi connectivity index (χ1) is 6.04. The molecule has 1 unspecified atom stereocenters. The predicted molar refractivity (Wildman–Crippen MR) is 55.8 cm³/mol. The molecule has 5 heteroatoms. The van der Waals surface area contributed by atoms with Crippen molar-refractivity contribution in [2.45, 2.75) is 23.7 Å². The number of aliphatic imine (C=N–C) groups is 1. The SMILES string of the molecule is CN=C(NC1CCOC1)C(C)(Cl)Cl. The summed E-state index contributed by atoms with van der Waals surface area (Å²) in [7, 11) is 1.67. The van der Waals surface area contributed by atoms with Crippen LogP contribution in [-0.2, 0) is 4.74 Å². The lowest BCUT2D eigenvalue weighted by atomic mass is 10.2. The fourth-order valence-corrected chi connectivity index (χ4v) is 1.51. The van der Waals surface area contributed by atoms with Gasteiger partial charge in [0.05, 0.1) is 12.6 Å². The molecule has 1 heterocycles. The summed E-state index contributed by atoms with van der Waals surface area (Å²) in [4.78, 5) is 4.01. The Morgan fingerprint density at radius 3 is 2.69 bits per heavy atom. The van der Waals surface area contributed by atoms with E-state index in [2.05, 4.69) is 10.3 Å². The van der Waals surface area contributed by atoms with E-state index in [4.69, 9.17) is 27.9 Å². The van der Waals surface area contributed by atoms with E-state index in [9.17, 15) is 0 Å². The van der Waals surface area contributed by atoms with Gasteiger partial charge in [0.2, 0.25) is 0 Å². The molecule has 1 atom stereocenters. The highest BCUT2D eigenvalue weighted by molar-refractivity contribution is 6.58. The van der Waals surface area contributed by atoms with Crippen molar-refractivity contribution in [2.75, 3.05) is 20.3 Å². The van der Waals surface area contributed by atoms with Gasteiger partial charge in [-0.15, -0.1) is 0 Å². The van der Waals surface area contributed by atoms with Crippen LogP contribution in [0.2, 0.25) is 0 Å². The van der Waals surface area contributed by atoms with Gasteiger partial charge in [-0.3, -0.25) is 4.99 Å². The summed E-state index contributed by atoms with van der Waals surface area (Å²) in [6.07, 6.45) is 0.975. The fraction of sp³-hybridized carbons (Fsp3) is 0.875. The maximum absolute atomic E-state index is 5.91. The van der Waals surface area contributed by atoms with Crippen LogP contribution in [0.4, 0.5) is 0 Å². The van der Waals surface area contributed by atoms with Gasteiger partial charge in [0.25, 0.3) is 0 Å². The van der Waals surface area contributed by atoms with Gasteiger partial charge in [0, 0.05) is 13.7 Å². The Kier molecular flexibility index (Phi) is 3.83. The summed E-state index contributed by atoms with van der Waals surface area (Å²) in [5.41, 5.74) is 0. The first-order valence-corrected chi connectivity index (χ1v) is 4.99. The summed E-state index contributed by atoms with van der Waals surface area (Å²) in [5, 5.41) is 3.17. The van der Waals surface area contributed by atoms with Crippen LogP contribution in [0.15, 0.2) is 4.99 Å². The number of rotatable bonds is 2. The van der Waals surface area contributed by atoms with E-state index in [1.165, 1.54) is 0 Å². The molecule has 13 heavy (non-hydrogen) atoms. The predicted octanol–water partition coefficient (Wildman–Crippen LogP) is 1.59. The Morgan fingerprint density at radius 2 is 2.31 bits per heavy atom. The summed E-state index contributed by atoms with van der Waals surface area (Å²) >= 11 is 11.8. The second kappa shape index (κ2) is 4.49. The Hall–Kier alpha value is 0.01000. The van der Waals surface area contributed by atoms with Crippen molar-refractivity contribution < 1.29 is 4.74 Å². The van der Waals surface area contributed by atoms with Crippen molar-refractivity contribution in [1.82, 2.24) is 5.32 Å². The third-order valence-corrected chi connectivity index (χ3v) is 2.27. The van der Waals surface area contributed by atoms with E-state index in [0.29, 0.717) is 12.4 Å². The standard InChI is InChI=1S/C8H14Cl2N2O/c1-8(9,10)7(11-2)12-6-3-4-13-5-6/h6H,3-5H2,1-2H3,(H,11,12). The lowest BCUT2D eigenvalue weighted by Crippen LogP contribution is -2.43. The molecule has 1 saturated heterocycles. The van der Waals surface area contributed by atoms with Crippen LogP contribution in [-0.4, -0.2) is 36.5 Å². The molecule has 1 fully saturated rings. The molecule has 0 aliphatic carbocycles. The highest BCUT2D eigenvalue weighted by Crippen LogP contribution is 2.21. The smallest absolute Gasteiger partial charge is 0.171 e. The minimum atomic E-state index is -0.947. The maximum atomic E-state index is 5.91. The van der Waals surface area contributed by atoms with Gasteiger partial charge < -0.3 is 10.1 Å². The van der Waals surface area contributed by atoms with Gasteiger partial charge in [-0.05, 0) is 13.3 Å². The molecule has 0 bridgehead atoms. The van der Waals surface area contributed by atoms with Crippen LogP contribution in [0, 0.1) is 0 Å². The quantitative estimate of drug-likeness (QED) is 0.440. The number of amidine groups is 1. The highest BCUT2D eigenvalue weighted by Gasteiger charge is 2.27. The Bertz CT molecular complexity index is 195. The molecule has 0 saturated carbocycles. The molecular weight excluding hydrogens is 211 g/mol. The van der Waals surface area contributed by atoms with Crippen LogP contribution in [0.25, 0.3) is 0 Å². The van der Waals surface area contributed by atoms with Gasteiger partial charge in [-0.25, -0.2) is 0 Å². The van der Waals surface area contributed by atoms with Crippen LogP contribution in [0.1, 0.15) is 13.3 Å². The number of nitrogens with one attached hydrogen (secondary N) is 1. The van der Waals surface area contributed by atoms with Crippen LogP contribution in [0.3, 0.4) is 0 Å². The molecule has 3 nitrogen and oxygen atoms in total. The van der Waals surface area contributed by atoms with Crippen molar-refractivity contribution in [3.05, 3.63) is 0 Å². The average Bonchev–Trinajstić information content (AvgIpc) is 2.49. The van der Waals surface area contributed by atoms with E-state index in [0.717, 1.165) is 13.0 Å². The summed E-state index contributed by atoms with van der Waals surface area (Å²) in [5.74, 6) is 0.603. The van der Waals surface area contributed by atoms with Gasteiger partial charge in [0.15, 0.2) is 4.33 Å². The minimum absolute atomic E-state index is 0.288. The molecule has 76 valence electrons. The third-order valence-electron chi connectivity index (χ3n) is 1.91. The van der Waals surface area contributed by atoms with Crippen molar-refractivity contribution in [1.29, 1.82) is 0 Å². The molecule has 0 radical (unpaired) electrons. The van der Waals surface area contributed by atoms with Crippen molar-refractivity contribution in [2.24, 2.45) is 4.99 Å². The third kappa shape index (κ3) is 3.33. The molecule has 1 aliphatic rings. The number of ether oxygens (including phenoxy) is 1. The molecule has 1 rings (SSSR count). The number of alkyl halides is 2. The minimum Gasteiger partial charge on any atom is -0.379 e. The number of nitrogens with zero attached hydrogens (tertiary/aromatic N) is 1. The second-order valence-corrected chi connectivity index (χ2v) is 4.87. The topological polar surface area (TPSA) is 33.6 Å². The van der Waals surface area contributed by atoms with Crippen LogP contribution >= 0.6 is 23.2 Å². The molecule has 0 spiro atoms. The van der Waals surface area contributed by atoms with Crippen LogP contribution < -0.4 is 5.32 Å². The van der Waals surface area contributed by atoms with Gasteiger partial charge in [-0.1, -0.05) is 23.2 Å². The molecule has 0 aromatic rings. The van der Waals surface area contributed by atoms with E-state index in [1.54, 1.807) is 14.0 Å². The van der Waals surface area contributed by atoms with Crippen molar-refractivity contribution in [3.8, 4) is 0 Å². The number of hydrogen-bond acceptors (Lipinski definition) is 2. The maximum Gasteiger partial charge on any atom is 0.171 e. The average molecular weight is 225 g/mol. The lowest BCUT2D eigenvalue weighted by Gasteiger charge is -2.21. The van der Waals surface area contributed by atoms with Gasteiger partial charge in [0.1, 0.15) is 5.84 Å². The normalized spacial score (nSPS) is 24.9.